The number of aliphatic imine (C=N–C) groups is 1. The van der Waals surface area contributed by atoms with Gasteiger partial charge in [-0.3, -0.25) is 9.71 Å². The molecule has 11 atom stereocenters. The predicted octanol–water partition coefficient (Wildman–Crippen LogP) is 5.45. The number of allylic oxidation sites excluding steroid dienone is 1. The van der Waals surface area contributed by atoms with Gasteiger partial charge in [-0.25, -0.2) is 8.42 Å². The number of hydrogen-bond acceptors (Lipinski definition) is 5. The molecule has 0 unspecified atom stereocenters. The van der Waals surface area contributed by atoms with E-state index in [1.165, 1.54) is 51.2 Å². The zero-order valence-corrected chi connectivity index (χ0v) is 25.4. The second kappa shape index (κ2) is 9.58. The number of fused-ring (bicyclic) bond motifs is 6. The molecular formula is C31H51N3O3S. The van der Waals surface area contributed by atoms with E-state index < -0.39 is 10.0 Å². The monoisotopic (exact) mass is 545 g/mol. The molecule has 2 N–H and O–H groups in total. The van der Waals surface area contributed by atoms with E-state index in [4.69, 9.17) is 9.73 Å². The predicted molar refractivity (Wildman–Crippen MR) is 154 cm³/mol. The number of nitrogens with zero attached hydrogens (tertiary/aromatic N) is 1. The van der Waals surface area contributed by atoms with Crippen LogP contribution in [-0.2, 0) is 14.8 Å². The van der Waals surface area contributed by atoms with Gasteiger partial charge in [0.2, 0.25) is 10.0 Å². The van der Waals surface area contributed by atoms with E-state index in [1.807, 2.05) is 0 Å². The highest BCUT2D eigenvalue weighted by molar-refractivity contribution is 7.89. The maximum absolute atomic E-state index is 11.6. The van der Waals surface area contributed by atoms with E-state index in [0.29, 0.717) is 41.2 Å². The van der Waals surface area contributed by atoms with Crippen molar-refractivity contribution in [3.05, 3.63) is 11.1 Å². The lowest BCUT2D eigenvalue weighted by molar-refractivity contribution is -0.0745. The van der Waals surface area contributed by atoms with E-state index in [1.54, 1.807) is 18.1 Å². The van der Waals surface area contributed by atoms with Crippen LogP contribution >= 0.6 is 0 Å². The molecule has 0 radical (unpaired) electrons. The molecule has 1 spiro atoms. The topological polar surface area (TPSA) is 79.8 Å². The average Bonchev–Trinajstić information content (AvgIpc) is 3.28. The Kier molecular flexibility index (Phi) is 6.87. The lowest BCUT2D eigenvalue weighted by Crippen LogP contribution is -2.48. The SMILES string of the molecule is CC(=N[C@@H]1CC[C@@]2(C)[C@@H](CC[C@H]3[C@@H]4CC[C@@]5(CC(C)=C4C[C@@H]32)O[C@@H]2C[C@H](C)CN[C@H]2[C@H]5C)C1)NS(C)(=O)=O. The number of rotatable bonds is 2. The molecule has 0 bridgehead atoms. The van der Waals surface area contributed by atoms with Crippen LogP contribution in [0.15, 0.2) is 16.1 Å². The summed E-state index contributed by atoms with van der Waals surface area (Å²) in [5, 5.41) is 3.86. The van der Waals surface area contributed by atoms with Gasteiger partial charge in [-0.1, -0.05) is 31.9 Å². The van der Waals surface area contributed by atoms with Crippen LogP contribution in [0, 0.1) is 40.9 Å². The average molecular weight is 546 g/mol. The van der Waals surface area contributed by atoms with Crippen LogP contribution in [0.25, 0.3) is 0 Å². The van der Waals surface area contributed by atoms with E-state index in [-0.39, 0.29) is 11.6 Å². The van der Waals surface area contributed by atoms with Gasteiger partial charge in [0.1, 0.15) is 5.84 Å². The van der Waals surface area contributed by atoms with Gasteiger partial charge in [-0.2, -0.15) is 0 Å². The Hall–Kier alpha value is -0.920. The minimum Gasteiger partial charge on any atom is -0.369 e. The van der Waals surface area contributed by atoms with E-state index in [0.717, 1.165) is 43.6 Å². The Morgan fingerprint density at radius 1 is 1.13 bits per heavy atom. The largest absolute Gasteiger partial charge is 0.369 e. The Morgan fingerprint density at radius 2 is 1.92 bits per heavy atom. The molecule has 4 aliphatic carbocycles. The maximum Gasteiger partial charge on any atom is 0.230 e. The van der Waals surface area contributed by atoms with Crippen LogP contribution in [0.5, 0.6) is 0 Å². The summed E-state index contributed by atoms with van der Waals surface area (Å²) in [4.78, 5) is 4.81. The van der Waals surface area contributed by atoms with Crippen molar-refractivity contribution in [3.8, 4) is 0 Å². The highest BCUT2D eigenvalue weighted by atomic mass is 32.2. The first-order valence-electron chi connectivity index (χ1n) is 15.5. The van der Waals surface area contributed by atoms with Crippen LogP contribution in [0.3, 0.4) is 0 Å². The molecule has 6 nitrogen and oxygen atoms in total. The van der Waals surface area contributed by atoms with Crippen molar-refractivity contribution in [3.63, 3.8) is 0 Å². The molecule has 214 valence electrons. The molecule has 6 rings (SSSR count). The third-order valence-corrected chi connectivity index (χ3v) is 13.0. The van der Waals surface area contributed by atoms with Crippen molar-refractivity contribution in [2.24, 2.45) is 45.9 Å². The fraction of sp³-hybridized carbons (Fsp3) is 0.903. The minimum atomic E-state index is -3.26. The van der Waals surface area contributed by atoms with Gasteiger partial charge >= 0.3 is 0 Å². The first kappa shape index (κ1) is 27.3. The molecule has 0 aromatic carbocycles. The normalized spacial score (nSPS) is 49.2. The van der Waals surface area contributed by atoms with Gasteiger partial charge in [0.25, 0.3) is 0 Å². The van der Waals surface area contributed by atoms with Gasteiger partial charge in [0.05, 0.1) is 24.0 Å². The number of piperidine rings is 1. The van der Waals surface area contributed by atoms with Crippen LogP contribution in [-0.4, -0.2) is 50.8 Å². The smallest absolute Gasteiger partial charge is 0.230 e. The quantitative estimate of drug-likeness (QED) is 0.275. The third-order valence-electron chi connectivity index (χ3n) is 12.3. The van der Waals surface area contributed by atoms with Crippen molar-refractivity contribution in [2.45, 2.75) is 123 Å². The lowest BCUT2D eigenvalue weighted by Gasteiger charge is -2.53. The molecular weight excluding hydrogens is 494 g/mol. The van der Waals surface area contributed by atoms with E-state index >= 15 is 0 Å². The summed E-state index contributed by atoms with van der Waals surface area (Å²) in [6.07, 6.45) is 13.8. The van der Waals surface area contributed by atoms with Crippen molar-refractivity contribution in [1.29, 1.82) is 0 Å². The van der Waals surface area contributed by atoms with Crippen LogP contribution < -0.4 is 10.0 Å². The van der Waals surface area contributed by atoms with E-state index in [9.17, 15) is 8.42 Å². The second-order valence-electron chi connectivity index (χ2n) is 14.7. The number of hydrogen-bond donors (Lipinski definition) is 2. The van der Waals surface area contributed by atoms with Gasteiger partial charge < -0.3 is 10.1 Å². The zero-order chi connectivity index (χ0) is 27.0. The van der Waals surface area contributed by atoms with Crippen molar-refractivity contribution >= 4 is 15.9 Å². The summed E-state index contributed by atoms with van der Waals surface area (Å²) < 4.78 is 32.9. The van der Waals surface area contributed by atoms with Gasteiger partial charge in [-0.15, -0.1) is 0 Å². The molecule has 38 heavy (non-hydrogen) atoms. The molecule has 0 aromatic heterocycles. The Morgan fingerprint density at radius 3 is 2.68 bits per heavy atom. The second-order valence-corrected chi connectivity index (χ2v) is 16.4. The fourth-order valence-electron chi connectivity index (χ4n) is 10.5. The standard InChI is InChI=1S/C31H51N3O3S/c1-18-13-28-29(32-17-18)20(3)31(37-28)12-10-24-25-8-7-22-14-23(33-21(4)34-38(6,35)36)9-11-30(22,5)27(25)15-26(24)19(2)16-31/h18,20,22-25,27-29,32H,7-17H2,1-6H3,(H,33,34)/t18-,20+,22-,23+,24-,25-,27-,28+,29-,30-,31-/m0/s1. The minimum absolute atomic E-state index is 0.0261. The van der Waals surface area contributed by atoms with Gasteiger partial charge in [0.15, 0.2) is 0 Å². The Bertz CT molecular complexity index is 1120. The molecule has 3 saturated carbocycles. The highest BCUT2D eigenvalue weighted by Gasteiger charge is 2.59. The summed E-state index contributed by atoms with van der Waals surface area (Å²) in [6.45, 7) is 12.8. The van der Waals surface area contributed by atoms with Gasteiger partial charge in [0, 0.05) is 12.0 Å². The van der Waals surface area contributed by atoms with E-state index in [2.05, 4.69) is 37.7 Å². The third kappa shape index (κ3) is 4.60. The molecule has 7 heteroatoms. The summed E-state index contributed by atoms with van der Waals surface area (Å²) in [5.41, 5.74) is 3.87. The fourth-order valence-corrected chi connectivity index (χ4v) is 11.1. The maximum atomic E-state index is 11.6. The zero-order valence-electron chi connectivity index (χ0n) is 24.6. The number of amidine groups is 1. The summed E-state index contributed by atoms with van der Waals surface area (Å²) in [7, 11) is -3.26. The first-order valence-corrected chi connectivity index (χ1v) is 17.4. The summed E-state index contributed by atoms with van der Waals surface area (Å²) in [6, 6.07) is 0.769. The molecule has 2 heterocycles. The first-order chi connectivity index (χ1) is 17.9. The van der Waals surface area contributed by atoms with Crippen molar-refractivity contribution in [2.75, 3.05) is 12.8 Å². The summed E-state index contributed by atoms with van der Waals surface area (Å²) >= 11 is 0. The van der Waals surface area contributed by atoms with Crippen molar-refractivity contribution < 1.29 is 13.2 Å². The molecule has 0 aromatic rings. The molecule has 0 amide bonds. The van der Waals surface area contributed by atoms with Gasteiger partial charge in [-0.05, 0) is 120 Å². The molecule has 6 aliphatic rings. The summed E-state index contributed by atoms with van der Waals surface area (Å²) in [5.74, 6) is 4.89. The van der Waals surface area contributed by atoms with Crippen LogP contribution in [0.2, 0.25) is 0 Å². The number of ether oxygens (including phenoxy) is 1. The highest BCUT2D eigenvalue weighted by Crippen LogP contribution is 2.65. The molecule has 2 saturated heterocycles. The van der Waals surface area contributed by atoms with Crippen LogP contribution in [0.1, 0.15) is 98.8 Å². The Labute approximate surface area is 231 Å². The number of sulfonamides is 1. The lowest BCUT2D eigenvalue weighted by atomic mass is 9.52. The molecule has 5 fully saturated rings. The number of nitrogens with one attached hydrogen (secondary N) is 2. The van der Waals surface area contributed by atoms with Crippen LogP contribution in [0.4, 0.5) is 0 Å². The molecule has 2 aliphatic heterocycles. The Balaban J connectivity index is 1.19. The van der Waals surface area contributed by atoms with Crippen molar-refractivity contribution in [1.82, 2.24) is 10.0 Å².